The molecule has 2 rings (SSSR count). The highest BCUT2D eigenvalue weighted by atomic mass is 35.5. The number of nitrogens with one attached hydrogen (secondary N) is 2. The van der Waals surface area contributed by atoms with E-state index in [0.717, 1.165) is 30.2 Å². The minimum atomic E-state index is -3.69. The van der Waals surface area contributed by atoms with E-state index in [2.05, 4.69) is 10.6 Å². The molecule has 24 heavy (non-hydrogen) atoms. The van der Waals surface area contributed by atoms with E-state index in [9.17, 15) is 13.2 Å². The van der Waals surface area contributed by atoms with Crippen LogP contribution in [0.25, 0.3) is 0 Å². The Kier molecular flexibility index (Phi) is 7.47. The monoisotopic (exact) mass is 377 g/mol. The van der Waals surface area contributed by atoms with Crippen molar-refractivity contribution in [2.45, 2.75) is 23.8 Å². The van der Waals surface area contributed by atoms with Crippen LogP contribution in [-0.4, -0.2) is 59.0 Å². The van der Waals surface area contributed by atoms with Gasteiger partial charge >= 0.3 is 0 Å². The van der Waals surface area contributed by atoms with Crippen LogP contribution in [0.15, 0.2) is 23.1 Å². The summed E-state index contributed by atoms with van der Waals surface area (Å²) in [5.74, 6) is -0.0638. The number of carbonyl (C=O) groups is 1. The van der Waals surface area contributed by atoms with Gasteiger partial charge in [-0.25, -0.2) is 12.7 Å². The molecule has 9 heteroatoms. The molecule has 0 aromatic heterocycles. The summed E-state index contributed by atoms with van der Waals surface area (Å²) in [6.07, 6.45) is 1.92. The van der Waals surface area contributed by atoms with E-state index < -0.39 is 10.0 Å². The van der Waals surface area contributed by atoms with Gasteiger partial charge < -0.3 is 15.4 Å². The van der Waals surface area contributed by atoms with E-state index in [1.807, 2.05) is 0 Å². The van der Waals surface area contributed by atoms with Crippen LogP contribution in [0.1, 0.15) is 23.2 Å². The van der Waals surface area contributed by atoms with Gasteiger partial charge in [-0.15, -0.1) is 12.4 Å². The fourth-order valence-electron chi connectivity index (χ4n) is 2.46. The Morgan fingerprint density at radius 2 is 2.08 bits per heavy atom. The number of methoxy groups -OCH3 is 1. The molecular weight excluding hydrogens is 354 g/mol. The average molecular weight is 378 g/mol. The number of carbonyl (C=O) groups excluding carboxylic acids is 1. The van der Waals surface area contributed by atoms with Gasteiger partial charge in [-0.3, -0.25) is 4.79 Å². The number of piperidine rings is 1. The summed E-state index contributed by atoms with van der Waals surface area (Å²) in [7, 11) is 0.587. The van der Waals surface area contributed by atoms with Gasteiger partial charge in [-0.2, -0.15) is 0 Å². The van der Waals surface area contributed by atoms with Crippen molar-refractivity contribution in [3.8, 4) is 5.75 Å². The van der Waals surface area contributed by atoms with E-state index in [1.165, 1.54) is 33.3 Å². The summed E-state index contributed by atoms with van der Waals surface area (Å²) in [6.45, 7) is 1.69. The first-order valence-corrected chi connectivity index (χ1v) is 8.92. The largest absolute Gasteiger partial charge is 0.495 e. The van der Waals surface area contributed by atoms with Gasteiger partial charge in [0.2, 0.25) is 10.0 Å². The smallest absolute Gasteiger partial charge is 0.251 e. The van der Waals surface area contributed by atoms with Crippen LogP contribution >= 0.6 is 12.4 Å². The van der Waals surface area contributed by atoms with Crippen LogP contribution in [0.2, 0.25) is 0 Å². The number of hydrogen-bond donors (Lipinski definition) is 2. The van der Waals surface area contributed by atoms with Crippen molar-refractivity contribution in [1.29, 1.82) is 0 Å². The maximum Gasteiger partial charge on any atom is 0.251 e. The number of nitrogens with zero attached hydrogens (tertiary/aromatic N) is 1. The third kappa shape index (κ3) is 4.60. The van der Waals surface area contributed by atoms with Crippen molar-refractivity contribution in [3.05, 3.63) is 23.8 Å². The molecule has 0 radical (unpaired) electrons. The quantitative estimate of drug-likeness (QED) is 0.794. The number of benzene rings is 1. The SMILES string of the molecule is COc1ccc(C(=O)NC2CCCNC2)cc1S(=O)(=O)N(C)C.Cl. The zero-order valence-corrected chi connectivity index (χ0v) is 15.7. The maximum absolute atomic E-state index is 12.4. The van der Waals surface area contributed by atoms with E-state index >= 15 is 0 Å². The van der Waals surface area contributed by atoms with Crippen LogP contribution < -0.4 is 15.4 Å². The molecule has 7 nitrogen and oxygen atoms in total. The van der Waals surface area contributed by atoms with E-state index in [4.69, 9.17) is 4.74 Å². The minimum absolute atomic E-state index is 0. The predicted octanol–water partition coefficient (Wildman–Crippen LogP) is 0.849. The lowest BCUT2D eigenvalue weighted by Gasteiger charge is -2.24. The summed E-state index contributed by atoms with van der Waals surface area (Å²) in [6, 6.07) is 4.50. The van der Waals surface area contributed by atoms with Crippen LogP contribution in [0.3, 0.4) is 0 Å². The standard InChI is InChI=1S/C15H23N3O4S.ClH/c1-18(2)23(20,21)14-9-11(6-7-13(14)22-3)15(19)17-12-5-4-8-16-10-12;/h6-7,9,12,16H,4-5,8,10H2,1-3H3,(H,17,19);1H. The number of sulfonamides is 1. The maximum atomic E-state index is 12.4. The predicted molar refractivity (Wildman–Crippen MR) is 94.5 cm³/mol. The Morgan fingerprint density at radius 1 is 1.38 bits per heavy atom. The fraction of sp³-hybridized carbons (Fsp3) is 0.533. The summed E-state index contributed by atoms with van der Waals surface area (Å²) < 4.78 is 31.0. The molecule has 1 saturated heterocycles. The highest BCUT2D eigenvalue weighted by Crippen LogP contribution is 2.27. The lowest BCUT2D eigenvalue weighted by Crippen LogP contribution is -2.45. The lowest BCUT2D eigenvalue weighted by atomic mass is 10.1. The molecular formula is C15H24ClN3O4S. The lowest BCUT2D eigenvalue weighted by molar-refractivity contribution is 0.0930. The second-order valence-electron chi connectivity index (χ2n) is 5.67. The third-order valence-electron chi connectivity index (χ3n) is 3.82. The molecule has 0 spiro atoms. The molecule has 1 unspecified atom stereocenters. The van der Waals surface area contributed by atoms with E-state index in [0.29, 0.717) is 5.56 Å². The molecule has 0 saturated carbocycles. The van der Waals surface area contributed by atoms with Crippen molar-refractivity contribution in [3.63, 3.8) is 0 Å². The second-order valence-corrected chi connectivity index (χ2v) is 7.79. The normalized spacial score (nSPS) is 17.9. The molecule has 1 aromatic carbocycles. The highest BCUT2D eigenvalue weighted by Gasteiger charge is 2.24. The zero-order valence-electron chi connectivity index (χ0n) is 14.0. The molecule has 0 aliphatic carbocycles. The van der Waals surface area contributed by atoms with Crippen molar-refractivity contribution >= 4 is 28.3 Å². The Hall–Kier alpha value is -1.35. The van der Waals surface area contributed by atoms with Crippen LogP contribution in [0.4, 0.5) is 0 Å². The summed E-state index contributed by atoms with van der Waals surface area (Å²) in [4.78, 5) is 12.4. The molecule has 1 aromatic rings. The van der Waals surface area contributed by atoms with Gasteiger partial charge in [-0.05, 0) is 37.6 Å². The van der Waals surface area contributed by atoms with Crippen LogP contribution in [0.5, 0.6) is 5.75 Å². The number of ether oxygens (including phenoxy) is 1. The van der Waals surface area contributed by atoms with E-state index in [1.54, 1.807) is 6.07 Å². The first-order chi connectivity index (χ1) is 10.9. The Balaban J connectivity index is 0.00000288. The molecule has 1 fully saturated rings. The summed E-state index contributed by atoms with van der Waals surface area (Å²) in [5.41, 5.74) is 0.303. The summed E-state index contributed by atoms with van der Waals surface area (Å²) in [5, 5.41) is 6.15. The molecule has 0 bridgehead atoms. The molecule has 136 valence electrons. The molecule has 1 atom stereocenters. The van der Waals surface area contributed by atoms with Gasteiger partial charge in [0.15, 0.2) is 0 Å². The third-order valence-corrected chi connectivity index (χ3v) is 5.65. The van der Waals surface area contributed by atoms with Crippen LogP contribution in [-0.2, 0) is 10.0 Å². The zero-order chi connectivity index (χ0) is 17.0. The van der Waals surface area contributed by atoms with Crippen molar-refractivity contribution < 1.29 is 17.9 Å². The number of amides is 1. The topological polar surface area (TPSA) is 87.7 Å². The number of rotatable bonds is 5. The first kappa shape index (κ1) is 20.7. The average Bonchev–Trinajstić information content (AvgIpc) is 2.55. The van der Waals surface area contributed by atoms with E-state index in [-0.39, 0.29) is 35.0 Å². The Morgan fingerprint density at radius 3 is 2.62 bits per heavy atom. The van der Waals surface area contributed by atoms with Gasteiger partial charge in [0.05, 0.1) is 7.11 Å². The molecule has 1 aliphatic heterocycles. The van der Waals surface area contributed by atoms with Crippen molar-refractivity contribution in [2.75, 3.05) is 34.3 Å². The Bertz CT molecular complexity index is 673. The van der Waals surface area contributed by atoms with Crippen LogP contribution in [0, 0.1) is 0 Å². The number of hydrogen-bond acceptors (Lipinski definition) is 5. The van der Waals surface area contributed by atoms with Crippen molar-refractivity contribution in [1.82, 2.24) is 14.9 Å². The van der Waals surface area contributed by atoms with Gasteiger partial charge in [-0.1, -0.05) is 0 Å². The van der Waals surface area contributed by atoms with Gasteiger partial charge in [0.1, 0.15) is 10.6 Å². The molecule has 1 amide bonds. The molecule has 1 heterocycles. The number of halogens is 1. The van der Waals surface area contributed by atoms with Crippen molar-refractivity contribution in [2.24, 2.45) is 0 Å². The first-order valence-electron chi connectivity index (χ1n) is 7.48. The highest BCUT2D eigenvalue weighted by molar-refractivity contribution is 7.89. The minimum Gasteiger partial charge on any atom is -0.495 e. The fourth-order valence-corrected chi connectivity index (χ4v) is 3.53. The second kappa shape index (κ2) is 8.66. The van der Waals surface area contributed by atoms with Gasteiger partial charge in [0, 0.05) is 32.2 Å². The molecule has 2 N–H and O–H groups in total. The molecule has 1 aliphatic rings. The van der Waals surface area contributed by atoms with Gasteiger partial charge in [0.25, 0.3) is 5.91 Å². The summed E-state index contributed by atoms with van der Waals surface area (Å²) >= 11 is 0. The Labute approximate surface area is 149 Å².